The number of hydrogen-bond donors (Lipinski definition) is 0. The van der Waals surface area contributed by atoms with Crippen LogP contribution >= 0.6 is 15.9 Å². The number of hydrogen-bond acceptors (Lipinski definition) is 3. The molecule has 1 heterocycles. The second-order valence-electron chi connectivity index (χ2n) is 3.25. The number of ether oxygens (including phenoxy) is 1. The molecule has 1 aromatic rings. The first-order chi connectivity index (χ1) is 8.10. The number of rotatable bonds is 5. The number of alkyl halides is 3. The molecule has 0 bridgehead atoms. The van der Waals surface area contributed by atoms with E-state index in [0.29, 0.717) is 11.1 Å². The molecule has 0 atom stereocenters. The molecule has 0 aliphatic carbocycles. The summed E-state index contributed by atoms with van der Waals surface area (Å²) in [5.74, 6) is -0.430. The molecule has 0 aliphatic rings. The van der Waals surface area contributed by atoms with E-state index in [1.165, 1.54) is 6.20 Å². The lowest BCUT2D eigenvalue weighted by molar-refractivity contribution is -0.142. The van der Waals surface area contributed by atoms with Gasteiger partial charge in [0.05, 0.1) is 13.0 Å². The van der Waals surface area contributed by atoms with Crippen molar-refractivity contribution in [2.45, 2.75) is 25.1 Å². The van der Waals surface area contributed by atoms with E-state index in [1.807, 2.05) is 0 Å². The lowest BCUT2D eigenvalue weighted by atomic mass is 10.1. The summed E-state index contributed by atoms with van der Waals surface area (Å²) in [6.45, 7) is 1.97. The second-order valence-corrected chi connectivity index (χ2v) is 3.81. The lowest BCUT2D eigenvalue weighted by Gasteiger charge is -2.10. The quantitative estimate of drug-likeness (QED) is 0.620. The predicted octanol–water partition coefficient (Wildman–Crippen LogP) is 3.02. The number of esters is 1. The monoisotopic (exact) mass is 307 g/mol. The summed E-state index contributed by atoms with van der Waals surface area (Å²) in [5, 5.41) is 0.231. The zero-order valence-corrected chi connectivity index (χ0v) is 10.8. The zero-order valence-electron chi connectivity index (χ0n) is 9.25. The summed E-state index contributed by atoms with van der Waals surface area (Å²) < 4.78 is 30.1. The van der Waals surface area contributed by atoms with Gasteiger partial charge in [0.15, 0.2) is 0 Å². The Morgan fingerprint density at radius 1 is 1.59 bits per heavy atom. The SMILES string of the molecule is CCOC(=O)Cc1ccnc(C(F)F)c1CBr. The minimum absolute atomic E-state index is 0.0169. The van der Waals surface area contributed by atoms with Crippen LogP contribution in [-0.4, -0.2) is 17.6 Å². The fraction of sp³-hybridized carbons (Fsp3) is 0.455. The first kappa shape index (κ1) is 14.0. The minimum Gasteiger partial charge on any atom is -0.466 e. The van der Waals surface area contributed by atoms with E-state index in [0.717, 1.165) is 0 Å². The molecule has 0 saturated heterocycles. The Balaban J connectivity index is 2.99. The van der Waals surface area contributed by atoms with Gasteiger partial charge in [-0.25, -0.2) is 8.78 Å². The summed E-state index contributed by atoms with van der Waals surface area (Å²) in [4.78, 5) is 14.9. The van der Waals surface area contributed by atoms with Gasteiger partial charge < -0.3 is 4.74 Å². The normalized spacial score (nSPS) is 10.6. The van der Waals surface area contributed by atoms with Crippen molar-refractivity contribution in [3.05, 3.63) is 29.1 Å². The van der Waals surface area contributed by atoms with Crippen molar-refractivity contribution in [1.82, 2.24) is 4.98 Å². The highest BCUT2D eigenvalue weighted by Gasteiger charge is 2.18. The maximum Gasteiger partial charge on any atom is 0.310 e. The summed E-state index contributed by atoms with van der Waals surface area (Å²) in [7, 11) is 0. The van der Waals surface area contributed by atoms with Crippen molar-refractivity contribution in [2.75, 3.05) is 6.61 Å². The van der Waals surface area contributed by atoms with Gasteiger partial charge in [-0.1, -0.05) is 15.9 Å². The van der Waals surface area contributed by atoms with Crippen LogP contribution in [0.2, 0.25) is 0 Å². The molecule has 0 fully saturated rings. The standard InChI is InChI=1S/C11H12BrF2NO2/c1-2-17-9(16)5-7-3-4-15-10(11(13)14)8(7)6-12/h3-4,11H,2,5-6H2,1H3. The molecule has 3 nitrogen and oxygen atoms in total. The van der Waals surface area contributed by atoms with Crippen molar-refractivity contribution >= 4 is 21.9 Å². The average Bonchev–Trinajstić information content (AvgIpc) is 2.28. The molecular weight excluding hydrogens is 296 g/mol. The number of pyridine rings is 1. The number of aromatic nitrogens is 1. The summed E-state index contributed by atoms with van der Waals surface area (Å²) in [6, 6.07) is 1.55. The first-order valence-corrected chi connectivity index (χ1v) is 6.18. The second kappa shape index (κ2) is 6.64. The van der Waals surface area contributed by atoms with Gasteiger partial charge in [0, 0.05) is 11.5 Å². The molecule has 0 spiro atoms. The van der Waals surface area contributed by atoms with E-state index in [9.17, 15) is 13.6 Å². The van der Waals surface area contributed by atoms with E-state index in [1.54, 1.807) is 13.0 Å². The molecule has 1 rings (SSSR count). The van der Waals surface area contributed by atoms with E-state index in [-0.39, 0.29) is 24.1 Å². The molecule has 94 valence electrons. The van der Waals surface area contributed by atoms with Crippen LogP contribution in [0.1, 0.15) is 30.2 Å². The fourth-order valence-electron chi connectivity index (χ4n) is 1.43. The zero-order chi connectivity index (χ0) is 12.8. The van der Waals surface area contributed by atoms with Crippen LogP contribution in [0.3, 0.4) is 0 Å². The minimum atomic E-state index is -2.65. The molecule has 0 unspecified atom stereocenters. The smallest absolute Gasteiger partial charge is 0.310 e. The summed E-state index contributed by atoms with van der Waals surface area (Å²) in [6.07, 6.45) is -1.39. The molecule has 0 saturated carbocycles. The molecule has 0 N–H and O–H groups in total. The van der Waals surface area contributed by atoms with Gasteiger partial charge in [-0.05, 0) is 24.1 Å². The molecule has 0 aliphatic heterocycles. The number of carbonyl (C=O) groups is 1. The van der Waals surface area contributed by atoms with E-state index >= 15 is 0 Å². The van der Waals surface area contributed by atoms with Gasteiger partial charge in [-0.2, -0.15) is 0 Å². The average molecular weight is 308 g/mol. The van der Waals surface area contributed by atoms with Gasteiger partial charge in [0.25, 0.3) is 6.43 Å². The lowest BCUT2D eigenvalue weighted by Crippen LogP contribution is -2.11. The van der Waals surface area contributed by atoms with Crippen LogP contribution in [-0.2, 0) is 21.3 Å². The molecule has 17 heavy (non-hydrogen) atoms. The van der Waals surface area contributed by atoms with Gasteiger partial charge in [-0.15, -0.1) is 0 Å². The maximum atomic E-state index is 12.7. The first-order valence-electron chi connectivity index (χ1n) is 5.06. The van der Waals surface area contributed by atoms with E-state index in [4.69, 9.17) is 4.74 Å². The third kappa shape index (κ3) is 3.73. The highest BCUT2D eigenvalue weighted by Crippen LogP contribution is 2.25. The van der Waals surface area contributed by atoms with Crippen molar-refractivity contribution in [3.63, 3.8) is 0 Å². The third-order valence-electron chi connectivity index (χ3n) is 2.17. The van der Waals surface area contributed by atoms with Crippen LogP contribution in [0, 0.1) is 0 Å². The van der Waals surface area contributed by atoms with Crippen LogP contribution in [0.15, 0.2) is 12.3 Å². The number of carbonyl (C=O) groups excluding carboxylic acids is 1. The Labute approximate surface area is 106 Å². The molecular formula is C11H12BrF2NO2. The van der Waals surface area contributed by atoms with Gasteiger partial charge >= 0.3 is 5.97 Å². The van der Waals surface area contributed by atoms with Crippen LogP contribution in [0.5, 0.6) is 0 Å². The molecule has 0 aromatic carbocycles. The summed E-state index contributed by atoms with van der Waals surface area (Å²) in [5.41, 5.74) is 0.588. The highest BCUT2D eigenvalue weighted by molar-refractivity contribution is 9.08. The van der Waals surface area contributed by atoms with Gasteiger partial charge in [0.1, 0.15) is 5.69 Å². The Morgan fingerprint density at radius 2 is 2.29 bits per heavy atom. The Bertz CT molecular complexity index is 399. The van der Waals surface area contributed by atoms with Crippen LogP contribution < -0.4 is 0 Å². The third-order valence-corrected chi connectivity index (χ3v) is 2.73. The van der Waals surface area contributed by atoms with Crippen molar-refractivity contribution in [3.8, 4) is 0 Å². The van der Waals surface area contributed by atoms with Gasteiger partial charge in [0.2, 0.25) is 0 Å². The Morgan fingerprint density at radius 3 is 2.82 bits per heavy atom. The van der Waals surface area contributed by atoms with E-state index < -0.39 is 12.4 Å². The van der Waals surface area contributed by atoms with Crippen LogP contribution in [0.4, 0.5) is 8.78 Å². The molecule has 1 aromatic heterocycles. The van der Waals surface area contributed by atoms with Crippen molar-refractivity contribution in [1.29, 1.82) is 0 Å². The van der Waals surface area contributed by atoms with Crippen molar-refractivity contribution < 1.29 is 18.3 Å². The molecule has 0 radical (unpaired) electrons. The summed E-state index contributed by atoms with van der Waals surface area (Å²) >= 11 is 3.13. The highest BCUT2D eigenvalue weighted by atomic mass is 79.9. The fourth-order valence-corrected chi connectivity index (χ4v) is 2.07. The number of nitrogens with zero attached hydrogens (tertiary/aromatic N) is 1. The van der Waals surface area contributed by atoms with E-state index in [2.05, 4.69) is 20.9 Å². The largest absolute Gasteiger partial charge is 0.466 e. The predicted molar refractivity (Wildman–Crippen MR) is 62.2 cm³/mol. The van der Waals surface area contributed by atoms with Crippen LogP contribution in [0.25, 0.3) is 0 Å². The Hall–Kier alpha value is -1.04. The number of halogens is 3. The Kier molecular flexibility index (Phi) is 5.47. The van der Waals surface area contributed by atoms with Crippen molar-refractivity contribution in [2.24, 2.45) is 0 Å². The topological polar surface area (TPSA) is 39.2 Å². The maximum absolute atomic E-state index is 12.7. The molecule has 0 amide bonds. The van der Waals surface area contributed by atoms with Gasteiger partial charge in [-0.3, -0.25) is 9.78 Å². The molecule has 6 heteroatoms.